The van der Waals surface area contributed by atoms with E-state index in [1.54, 1.807) is 4.90 Å². The summed E-state index contributed by atoms with van der Waals surface area (Å²) in [6.45, 7) is 9.20. The number of nitrogens with zero attached hydrogens (tertiary/aromatic N) is 1. The van der Waals surface area contributed by atoms with Crippen molar-refractivity contribution in [3.8, 4) is 0 Å². The predicted octanol–water partition coefficient (Wildman–Crippen LogP) is 4.51. The number of nitrogens with one attached hydrogen (secondary N) is 1. The quantitative estimate of drug-likeness (QED) is 0.645. The Bertz CT molecular complexity index is 786. The maximum Gasteiger partial charge on any atom is 0.242 e. The summed E-state index contributed by atoms with van der Waals surface area (Å²) in [6.07, 6.45) is 1.66. The van der Waals surface area contributed by atoms with Gasteiger partial charge in [0.05, 0.1) is 0 Å². The fourth-order valence-corrected chi connectivity index (χ4v) is 3.39. The summed E-state index contributed by atoms with van der Waals surface area (Å²) in [5.41, 5.74) is 3.33. The predicted molar refractivity (Wildman–Crippen MR) is 118 cm³/mol. The summed E-state index contributed by atoms with van der Waals surface area (Å²) in [6, 6.07) is 17.7. The van der Waals surface area contributed by atoms with Gasteiger partial charge in [-0.3, -0.25) is 9.59 Å². The number of benzene rings is 2. The zero-order chi connectivity index (χ0) is 21.2. The summed E-state index contributed by atoms with van der Waals surface area (Å²) < 4.78 is 0. The first kappa shape index (κ1) is 22.7. The van der Waals surface area contributed by atoms with E-state index in [2.05, 4.69) is 25.2 Å². The second kappa shape index (κ2) is 11.4. The second-order valence-electron chi connectivity index (χ2n) is 8.06. The van der Waals surface area contributed by atoms with E-state index in [4.69, 9.17) is 0 Å². The Kier molecular flexibility index (Phi) is 8.91. The van der Waals surface area contributed by atoms with Gasteiger partial charge in [-0.05, 0) is 36.8 Å². The number of rotatable bonds is 10. The summed E-state index contributed by atoms with van der Waals surface area (Å²) in [5, 5.41) is 3.01. The Morgan fingerprint density at radius 1 is 1.00 bits per heavy atom. The van der Waals surface area contributed by atoms with Gasteiger partial charge in [-0.1, -0.05) is 80.9 Å². The molecule has 0 saturated carbocycles. The van der Waals surface area contributed by atoms with Gasteiger partial charge in [0.15, 0.2) is 0 Å². The fraction of sp³-hybridized carbons (Fsp3) is 0.440. The van der Waals surface area contributed by atoms with Crippen molar-refractivity contribution >= 4 is 11.8 Å². The SMILES string of the molecule is CC[C@@H](C(=O)NCC(C)C)N(Cc1cccc(C)c1)C(=O)CCc1ccccc1. The monoisotopic (exact) mass is 394 g/mol. The highest BCUT2D eigenvalue weighted by Crippen LogP contribution is 2.16. The maximum atomic E-state index is 13.2. The third kappa shape index (κ3) is 7.37. The summed E-state index contributed by atoms with van der Waals surface area (Å²) in [4.78, 5) is 27.8. The third-order valence-electron chi connectivity index (χ3n) is 4.98. The summed E-state index contributed by atoms with van der Waals surface area (Å²) >= 11 is 0. The number of hydrogen-bond donors (Lipinski definition) is 1. The van der Waals surface area contributed by atoms with Crippen molar-refractivity contribution in [3.05, 3.63) is 71.3 Å². The van der Waals surface area contributed by atoms with Crippen LogP contribution in [0.5, 0.6) is 0 Å². The molecule has 4 heteroatoms. The van der Waals surface area contributed by atoms with E-state index in [0.717, 1.165) is 16.7 Å². The molecule has 0 saturated heterocycles. The smallest absolute Gasteiger partial charge is 0.242 e. The van der Waals surface area contributed by atoms with Crippen LogP contribution >= 0.6 is 0 Å². The molecular formula is C25H34N2O2. The number of carbonyl (C=O) groups is 2. The zero-order valence-electron chi connectivity index (χ0n) is 18.2. The van der Waals surface area contributed by atoms with E-state index in [-0.39, 0.29) is 11.8 Å². The van der Waals surface area contributed by atoms with Crippen LogP contribution < -0.4 is 5.32 Å². The Morgan fingerprint density at radius 3 is 2.31 bits per heavy atom. The van der Waals surface area contributed by atoms with Gasteiger partial charge in [-0.15, -0.1) is 0 Å². The first-order valence-electron chi connectivity index (χ1n) is 10.6. The molecule has 0 radical (unpaired) electrons. The highest BCUT2D eigenvalue weighted by atomic mass is 16.2. The van der Waals surface area contributed by atoms with E-state index in [1.165, 1.54) is 0 Å². The van der Waals surface area contributed by atoms with Gasteiger partial charge in [0.2, 0.25) is 11.8 Å². The average molecular weight is 395 g/mol. The lowest BCUT2D eigenvalue weighted by atomic mass is 10.1. The van der Waals surface area contributed by atoms with Gasteiger partial charge in [0.25, 0.3) is 0 Å². The number of amides is 2. The lowest BCUT2D eigenvalue weighted by Crippen LogP contribution is -2.49. The average Bonchev–Trinajstić information content (AvgIpc) is 2.71. The lowest BCUT2D eigenvalue weighted by molar-refractivity contribution is -0.141. The molecule has 0 bridgehead atoms. The molecule has 1 N–H and O–H groups in total. The number of carbonyl (C=O) groups excluding carboxylic acids is 2. The van der Waals surface area contributed by atoms with Gasteiger partial charge in [0.1, 0.15) is 6.04 Å². The van der Waals surface area contributed by atoms with Crippen molar-refractivity contribution in [3.63, 3.8) is 0 Å². The molecule has 0 aliphatic carbocycles. The maximum absolute atomic E-state index is 13.2. The molecule has 29 heavy (non-hydrogen) atoms. The van der Waals surface area contributed by atoms with Crippen molar-refractivity contribution in [2.75, 3.05) is 6.54 Å². The third-order valence-corrected chi connectivity index (χ3v) is 4.98. The van der Waals surface area contributed by atoms with Crippen LogP contribution in [0.25, 0.3) is 0 Å². The summed E-state index contributed by atoms with van der Waals surface area (Å²) in [7, 11) is 0. The molecule has 0 unspecified atom stereocenters. The van der Waals surface area contributed by atoms with Crippen LogP contribution in [0.4, 0.5) is 0 Å². The van der Waals surface area contributed by atoms with E-state index in [9.17, 15) is 9.59 Å². The minimum Gasteiger partial charge on any atom is -0.354 e. The Morgan fingerprint density at radius 2 is 1.69 bits per heavy atom. The van der Waals surface area contributed by atoms with Gasteiger partial charge in [0, 0.05) is 19.5 Å². The van der Waals surface area contributed by atoms with Gasteiger partial charge in [-0.2, -0.15) is 0 Å². The number of hydrogen-bond acceptors (Lipinski definition) is 2. The zero-order valence-corrected chi connectivity index (χ0v) is 18.2. The summed E-state index contributed by atoms with van der Waals surface area (Å²) in [5.74, 6) is 0.319. The molecule has 0 heterocycles. The molecule has 4 nitrogen and oxygen atoms in total. The van der Waals surface area contributed by atoms with E-state index >= 15 is 0 Å². The molecule has 2 aromatic carbocycles. The lowest BCUT2D eigenvalue weighted by Gasteiger charge is -2.31. The molecular weight excluding hydrogens is 360 g/mol. The van der Waals surface area contributed by atoms with Crippen molar-refractivity contribution in [2.24, 2.45) is 5.92 Å². The van der Waals surface area contributed by atoms with Gasteiger partial charge < -0.3 is 10.2 Å². The molecule has 0 aromatic heterocycles. The molecule has 1 atom stereocenters. The van der Waals surface area contributed by atoms with Crippen LogP contribution in [-0.4, -0.2) is 29.3 Å². The van der Waals surface area contributed by atoms with Gasteiger partial charge in [-0.25, -0.2) is 0 Å². The van der Waals surface area contributed by atoms with Gasteiger partial charge >= 0.3 is 0 Å². The number of aryl methyl sites for hydroxylation is 2. The minimum atomic E-state index is -0.461. The van der Waals surface area contributed by atoms with Crippen molar-refractivity contribution in [2.45, 2.75) is 59.5 Å². The Hall–Kier alpha value is -2.62. The largest absolute Gasteiger partial charge is 0.354 e. The topological polar surface area (TPSA) is 49.4 Å². The van der Waals surface area contributed by atoms with Crippen LogP contribution in [0, 0.1) is 12.8 Å². The molecule has 156 valence electrons. The van der Waals surface area contributed by atoms with Crippen LogP contribution in [-0.2, 0) is 22.6 Å². The molecule has 2 rings (SSSR count). The van der Waals surface area contributed by atoms with E-state index < -0.39 is 6.04 Å². The first-order valence-corrected chi connectivity index (χ1v) is 10.6. The fourth-order valence-electron chi connectivity index (χ4n) is 3.39. The standard InChI is InChI=1S/C25H34N2O2/c1-5-23(25(29)26-17-19(2)3)27(18-22-13-9-10-20(4)16-22)24(28)15-14-21-11-7-6-8-12-21/h6-13,16,19,23H,5,14-15,17-18H2,1-4H3,(H,26,29)/t23-/m0/s1. The Balaban J connectivity index is 2.18. The van der Waals surface area contributed by atoms with Crippen LogP contribution in [0.3, 0.4) is 0 Å². The molecule has 0 aliphatic rings. The van der Waals surface area contributed by atoms with Crippen molar-refractivity contribution in [1.29, 1.82) is 0 Å². The van der Waals surface area contributed by atoms with Crippen molar-refractivity contribution in [1.82, 2.24) is 10.2 Å². The van der Waals surface area contributed by atoms with Crippen LogP contribution in [0.15, 0.2) is 54.6 Å². The van der Waals surface area contributed by atoms with Crippen LogP contribution in [0.1, 0.15) is 50.3 Å². The molecule has 0 fully saturated rings. The molecule has 2 aromatic rings. The van der Waals surface area contributed by atoms with E-state index in [1.807, 2.05) is 62.4 Å². The first-order chi connectivity index (χ1) is 13.9. The van der Waals surface area contributed by atoms with Crippen molar-refractivity contribution < 1.29 is 9.59 Å². The minimum absolute atomic E-state index is 0.0157. The second-order valence-corrected chi connectivity index (χ2v) is 8.06. The van der Waals surface area contributed by atoms with E-state index in [0.29, 0.717) is 38.3 Å². The molecule has 2 amide bonds. The van der Waals surface area contributed by atoms with Crippen LogP contribution in [0.2, 0.25) is 0 Å². The molecule has 0 aliphatic heterocycles. The highest BCUT2D eigenvalue weighted by Gasteiger charge is 2.28. The highest BCUT2D eigenvalue weighted by molar-refractivity contribution is 5.87. The normalized spacial score (nSPS) is 11.9. The Labute approximate surface area is 175 Å². The molecule has 0 spiro atoms.